The standard InChI is InChI=1S/C9H9N6O4P/c1-19-5-2-3-6-10-7(20(16,17)18)4-15(6)8(5)9-11-13-14-12-9/h2-4H,1H3,(H2,16,17,18)(H,11,12,13,14). The van der Waals surface area contributed by atoms with Gasteiger partial charge in [0.15, 0.2) is 11.3 Å². The summed E-state index contributed by atoms with van der Waals surface area (Å²) in [6.45, 7) is 0. The molecule has 104 valence electrons. The quantitative estimate of drug-likeness (QED) is 0.541. The predicted octanol–water partition coefficient (Wildman–Crippen LogP) is -0.674. The van der Waals surface area contributed by atoms with E-state index in [0.29, 0.717) is 22.9 Å². The zero-order valence-electron chi connectivity index (χ0n) is 10.1. The number of imidazole rings is 1. The SMILES string of the molecule is COc1ccc2nc(P(=O)(O)O)cn2c1-c1nnn[nH]1. The average Bonchev–Trinajstić information content (AvgIpc) is 3.05. The molecule has 3 heterocycles. The minimum absolute atomic E-state index is 0.294. The molecular formula is C9H9N6O4P. The third-order valence-corrected chi connectivity index (χ3v) is 3.48. The maximum absolute atomic E-state index is 11.3. The van der Waals surface area contributed by atoms with Crippen LogP contribution in [0.25, 0.3) is 17.2 Å². The highest BCUT2D eigenvalue weighted by molar-refractivity contribution is 7.60. The largest absolute Gasteiger partial charge is 0.494 e. The number of aromatic nitrogens is 6. The molecule has 3 rings (SSSR count). The minimum atomic E-state index is -4.45. The van der Waals surface area contributed by atoms with Gasteiger partial charge in [0.2, 0.25) is 0 Å². The first-order chi connectivity index (χ1) is 9.50. The summed E-state index contributed by atoms with van der Waals surface area (Å²) in [5.41, 5.74) is 0.428. The molecule has 0 amide bonds. The van der Waals surface area contributed by atoms with Crippen molar-refractivity contribution in [2.75, 3.05) is 7.11 Å². The fourth-order valence-electron chi connectivity index (χ4n) is 1.82. The second-order valence-electron chi connectivity index (χ2n) is 3.87. The van der Waals surface area contributed by atoms with Gasteiger partial charge in [0.05, 0.1) is 7.11 Å². The third kappa shape index (κ3) is 1.95. The van der Waals surface area contributed by atoms with Gasteiger partial charge in [-0.15, -0.1) is 5.10 Å². The molecule has 0 atom stereocenters. The molecule has 3 N–H and O–H groups in total. The van der Waals surface area contributed by atoms with Crippen molar-refractivity contribution in [1.82, 2.24) is 30.0 Å². The molecule has 3 aromatic rings. The minimum Gasteiger partial charge on any atom is -0.494 e. The first-order valence-corrected chi connectivity index (χ1v) is 6.98. The molecule has 20 heavy (non-hydrogen) atoms. The van der Waals surface area contributed by atoms with Crippen LogP contribution in [-0.4, -0.2) is 46.9 Å². The van der Waals surface area contributed by atoms with Crippen LogP contribution in [0.15, 0.2) is 18.3 Å². The average molecular weight is 296 g/mol. The molecule has 0 aromatic carbocycles. The van der Waals surface area contributed by atoms with Crippen LogP contribution in [-0.2, 0) is 4.57 Å². The number of rotatable bonds is 3. The van der Waals surface area contributed by atoms with Gasteiger partial charge in [-0.3, -0.25) is 8.97 Å². The van der Waals surface area contributed by atoms with Crippen LogP contribution in [0.2, 0.25) is 0 Å². The van der Waals surface area contributed by atoms with Gasteiger partial charge in [0.25, 0.3) is 0 Å². The Morgan fingerprint density at radius 2 is 2.20 bits per heavy atom. The zero-order chi connectivity index (χ0) is 14.3. The maximum Gasteiger partial charge on any atom is 0.376 e. The Morgan fingerprint density at radius 3 is 2.80 bits per heavy atom. The van der Waals surface area contributed by atoms with E-state index < -0.39 is 7.60 Å². The summed E-state index contributed by atoms with van der Waals surface area (Å²) >= 11 is 0. The van der Waals surface area contributed by atoms with Crippen LogP contribution in [0, 0.1) is 0 Å². The van der Waals surface area contributed by atoms with E-state index >= 15 is 0 Å². The van der Waals surface area contributed by atoms with Crippen molar-refractivity contribution in [1.29, 1.82) is 0 Å². The Bertz CT molecular complexity index is 807. The number of pyridine rings is 1. The second-order valence-corrected chi connectivity index (χ2v) is 5.42. The van der Waals surface area contributed by atoms with Crippen molar-refractivity contribution in [2.45, 2.75) is 0 Å². The molecule has 0 saturated heterocycles. The molecule has 10 nitrogen and oxygen atoms in total. The van der Waals surface area contributed by atoms with Crippen molar-refractivity contribution in [3.05, 3.63) is 18.3 Å². The van der Waals surface area contributed by atoms with Gasteiger partial charge in [0.1, 0.15) is 17.1 Å². The lowest BCUT2D eigenvalue weighted by Crippen LogP contribution is -2.03. The Labute approximate surface area is 111 Å². The normalized spacial score (nSPS) is 11.9. The summed E-state index contributed by atoms with van der Waals surface area (Å²) in [5, 5.41) is 13.3. The van der Waals surface area contributed by atoms with Crippen molar-refractivity contribution >= 4 is 18.7 Å². The molecule has 0 bridgehead atoms. The molecule has 0 unspecified atom stereocenters. The monoisotopic (exact) mass is 296 g/mol. The first kappa shape index (κ1) is 12.7. The van der Waals surface area contributed by atoms with E-state index in [0.717, 1.165) is 0 Å². The number of H-pyrrole nitrogens is 1. The molecule has 0 spiro atoms. The molecule has 0 aliphatic rings. The number of ether oxygens (including phenoxy) is 1. The smallest absolute Gasteiger partial charge is 0.376 e. The zero-order valence-corrected chi connectivity index (χ0v) is 11.0. The van der Waals surface area contributed by atoms with E-state index in [1.165, 1.54) is 17.7 Å². The second kappa shape index (κ2) is 4.37. The molecule has 0 aliphatic carbocycles. The summed E-state index contributed by atoms with van der Waals surface area (Å²) in [7, 11) is -2.98. The number of hydrogen-bond acceptors (Lipinski definition) is 6. The van der Waals surface area contributed by atoms with Crippen LogP contribution in [0.4, 0.5) is 0 Å². The van der Waals surface area contributed by atoms with Crippen LogP contribution >= 0.6 is 7.60 Å². The molecule has 11 heteroatoms. The van der Waals surface area contributed by atoms with Gasteiger partial charge >= 0.3 is 7.60 Å². The predicted molar refractivity (Wildman–Crippen MR) is 66.6 cm³/mol. The lowest BCUT2D eigenvalue weighted by atomic mass is 10.3. The number of nitrogens with zero attached hydrogens (tertiary/aromatic N) is 5. The number of tetrazole rings is 1. The number of hydrogen-bond donors (Lipinski definition) is 3. The topological polar surface area (TPSA) is 139 Å². The van der Waals surface area contributed by atoms with Crippen molar-refractivity contribution in [3.63, 3.8) is 0 Å². The highest BCUT2D eigenvalue weighted by Gasteiger charge is 2.24. The molecule has 0 saturated carbocycles. The number of methoxy groups -OCH3 is 1. The van der Waals surface area contributed by atoms with Gasteiger partial charge in [-0.05, 0) is 22.6 Å². The summed E-state index contributed by atoms with van der Waals surface area (Å²) in [5.74, 6) is 0.729. The number of aromatic amines is 1. The van der Waals surface area contributed by atoms with Gasteiger partial charge in [0, 0.05) is 6.20 Å². The van der Waals surface area contributed by atoms with E-state index in [1.807, 2.05) is 0 Å². The number of nitrogens with one attached hydrogen (secondary N) is 1. The lowest BCUT2D eigenvalue weighted by molar-refractivity contribution is 0.386. The fourth-order valence-corrected chi connectivity index (χ4v) is 2.32. The maximum atomic E-state index is 11.3. The van der Waals surface area contributed by atoms with E-state index in [9.17, 15) is 14.4 Å². The highest BCUT2D eigenvalue weighted by atomic mass is 31.2. The van der Waals surface area contributed by atoms with Gasteiger partial charge in [-0.2, -0.15) is 0 Å². The van der Waals surface area contributed by atoms with Crippen molar-refractivity contribution < 1.29 is 19.1 Å². The Morgan fingerprint density at radius 1 is 1.40 bits per heavy atom. The van der Waals surface area contributed by atoms with Gasteiger partial charge in [-0.1, -0.05) is 0 Å². The van der Waals surface area contributed by atoms with Crippen LogP contribution in [0.3, 0.4) is 0 Å². The van der Waals surface area contributed by atoms with E-state index in [2.05, 4.69) is 25.6 Å². The van der Waals surface area contributed by atoms with Crippen LogP contribution < -0.4 is 10.2 Å². The molecule has 0 radical (unpaired) electrons. The molecule has 3 aromatic heterocycles. The molecule has 0 fully saturated rings. The molecule has 0 aliphatic heterocycles. The summed E-state index contributed by atoms with van der Waals surface area (Å²) < 4.78 is 18.0. The summed E-state index contributed by atoms with van der Waals surface area (Å²) in [6, 6.07) is 3.19. The third-order valence-electron chi connectivity index (χ3n) is 2.67. The van der Waals surface area contributed by atoms with E-state index in [1.54, 1.807) is 12.1 Å². The number of fused-ring (bicyclic) bond motifs is 1. The van der Waals surface area contributed by atoms with E-state index in [-0.39, 0.29) is 5.44 Å². The summed E-state index contributed by atoms with van der Waals surface area (Å²) in [4.78, 5) is 22.3. The Kier molecular flexibility index (Phi) is 2.78. The van der Waals surface area contributed by atoms with Crippen molar-refractivity contribution in [2.24, 2.45) is 0 Å². The molecular weight excluding hydrogens is 287 g/mol. The van der Waals surface area contributed by atoms with Gasteiger partial charge < -0.3 is 14.5 Å². The van der Waals surface area contributed by atoms with Crippen LogP contribution in [0.5, 0.6) is 5.75 Å². The van der Waals surface area contributed by atoms with Crippen LogP contribution in [0.1, 0.15) is 0 Å². The Hall–Kier alpha value is -2.29. The van der Waals surface area contributed by atoms with Crippen molar-refractivity contribution in [3.8, 4) is 17.3 Å². The summed E-state index contributed by atoms with van der Waals surface area (Å²) in [6.07, 6.45) is 1.23. The van der Waals surface area contributed by atoms with Gasteiger partial charge in [-0.25, -0.2) is 10.1 Å². The van der Waals surface area contributed by atoms with E-state index in [4.69, 9.17) is 4.74 Å². The lowest BCUT2D eigenvalue weighted by Gasteiger charge is -2.07. The first-order valence-electron chi connectivity index (χ1n) is 5.37. The Balaban J connectivity index is 2.35. The highest BCUT2D eigenvalue weighted by Crippen LogP contribution is 2.34. The fraction of sp³-hybridized carbons (Fsp3) is 0.111.